The Hall–Kier alpha value is -2.43. The molecule has 4 nitrogen and oxygen atoms in total. The third kappa shape index (κ3) is 2.78. The van der Waals surface area contributed by atoms with Crippen LogP contribution in [0.4, 0.5) is 15.9 Å². The molecule has 0 amide bonds. The quantitative estimate of drug-likeness (QED) is 0.853. The normalized spacial score (nSPS) is 9.94. The van der Waals surface area contributed by atoms with Crippen molar-refractivity contribution >= 4 is 17.5 Å². The highest BCUT2D eigenvalue weighted by atomic mass is 19.1. The number of benzene rings is 1. The maximum absolute atomic E-state index is 12.7. The van der Waals surface area contributed by atoms with E-state index in [1.165, 1.54) is 18.2 Å². The third-order valence-electron chi connectivity index (χ3n) is 2.08. The van der Waals surface area contributed by atoms with Crippen LogP contribution in [0.3, 0.4) is 0 Å². The summed E-state index contributed by atoms with van der Waals surface area (Å²) in [5.74, 6) is -1.02. The predicted molar refractivity (Wildman–Crippen MR) is 60.9 cm³/mol. The minimum absolute atomic E-state index is 0.0443. The molecule has 0 bridgehead atoms. The van der Waals surface area contributed by atoms with Crippen LogP contribution in [0, 0.1) is 5.82 Å². The molecule has 0 fully saturated rings. The molecule has 2 N–H and O–H groups in total. The first-order chi connectivity index (χ1) is 8.15. The van der Waals surface area contributed by atoms with Crippen molar-refractivity contribution in [2.45, 2.75) is 0 Å². The second-order valence-electron chi connectivity index (χ2n) is 3.35. The number of carboxylic acids is 1. The number of hydrogen-bond donors (Lipinski definition) is 2. The van der Waals surface area contributed by atoms with Gasteiger partial charge in [-0.2, -0.15) is 0 Å². The van der Waals surface area contributed by atoms with Gasteiger partial charge in [-0.15, -0.1) is 0 Å². The van der Waals surface area contributed by atoms with E-state index in [1.54, 1.807) is 24.3 Å². The van der Waals surface area contributed by atoms with Crippen molar-refractivity contribution < 1.29 is 14.3 Å². The summed E-state index contributed by atoms with van der Waals surface area (Å²) < 4.78 is 12.7. The first-order valence-electron chi connectivity index (χ1n) is 4.88. The molecule has 2 rings (SSSR count). The number of halogens is 1. The van der Waals surface area contributed by atoms with E-state index in [9.17, 15) is 9.18 Å². The average Bonchev–Trinajstić information content (AvgIpc) is 2.32. The van der Waals surface area contributed by atoms with Gasteiger partial charge < -0.3 is 10.4 Å². The Balaban J connectivity index is 2.21. The highest BCUT2D eigenvalue weighted by Crippen LogP contribution is 2.15. The van der Waals surface area contributed by atoms with Crippen molar-refractivity contribution in [2.75, 3.05) is 5.32 Å². The number of aromatic carboxylic acids is 1. The fourth-order valence-electron chi connectivity index (χ4n) is 1.30. The fraction of sp³-hybridized carbons (Fsp3) is 0. The number of carboxylic acid groups (broad SMARTS) is 1. The Morgan fingerprint density at radius 2 is 1.88 bits per heavy atom. The number of aromatic nitrogens is 1. The van der Waals surface area contributed by atoms with Crippen LogP contribution in [0.5, 0.6) is 0 Å². The minimum atomic E-state index is -1.09. The van der Waals surface area contributed by atoms with Crippen LogP contribution < -0.4 is 5.32 Å². The molecule has 1 aromatic carbocycles. The molecule has 0 saturated carbocycles. The van der Waals surface area contributed by atoms with E-state index < -0.39 is 5.97 Å². The van der Waals surface area contributed by atoms with Crippen LogP contribution in [0.15, 0.2) is 42.5 Å². The summed E-state index contributed by atoms with van der Waals surface area (Å²) in [6.07, 6.45) is 0. The number of nitrogens with zero attached hydrogens (tertiary/aromatic N) is 1. The first kappa shape index (κ1) is 11.1. The molecule has 0 aliphatic heterocycles. The average molecular weight is 232 g/mol. The van der Waals surface area contributed by atoms with Gasteiger partial charge in [0.05, 0.1) is 0 Å². The first-order valence-corrected chi connectivity index (χ1v) is 4.88. The third-order valence-corrected chi connectivity index (χ3v) is 2.08. The van der Waals surface area contributed by atoms with Gasteiger partial charge in [0.2, 0.25) is 0 Å². The molecule has 0 spiro atoms. The number of rotatable bonds is 3. The van der Waals surface area contributed by atoms with Gasteiger partial charge in [0.25, 0.3) is 0 Å². The van der Waals surface area contributed by atoms with E-state index in [0.717, 1.165) is 0 Å². The van der Waals surface area contributed by atoms with Crippen molar-refractivity contribution in [3.8, 4) is 0 Å². The van der Waals surface area contributed by atoms with Gasteiger partial charge in [-0.1, -0.05) is 6.07 Å². The number of carbonyl (C=O) groups is 1. The molecule has 2 aromatic rings. The summed E-state index contributed by atoms with van der Waals surface area (Å²) in [4.78, 5) is 14.6. The van der Waals surface area contributed by atoms with Crippen LogP contribution in [0.1, 0.15) is 10.5 Å². The van der Waals surface area contributed by atoms with E-state index in [1.807, 2.05) is 0 Å². The van der Waals surface area contributed by atoms with Crippen molar-refractivity contribution in [1.29, 1.82) is 0 Å². The van der Waals surface area contributed by atoms with Crippen LogP contribution in [-0.2, 0) is 0 Å². The zero-order chi connectivity index (χ0) is 12.3. The molecule has 0 unspecified atom stereocenters. The van der Waals surface area contributed by atoms with Gasteiger partial charge >= 0.3 is 5.97 Å². The standard InChI is InChI=1S/C12H9FN2O2/c13-8-4-6-9(7-5-8)14-11-3-1-2-10(15-11)12(16)17/h1-7H,(H,14,15)(H,16,17). The maximum Gasteiger partial charge on any atom is 0.354 e. The van der Waals surface area contributed by atoms with Gasteiger partial charge in [-0.05, 0) is 36.4 Å². The second-order valence-corrected chi connectivity index (χ2v) is 3.35. The lowest BCUT2D eigenvalue weighted by atomic mass is 10.3. The Kier molecular flexibility index (Phi) is 3.00. The van der Waals surface area contributed by atoms with Gasteiger partial charge in [0.1, 0.15) is 11.6 Å². The van der Waals surface area contributed by atoms with E-state index in [0.29, 0.717) is 11.5 Å². The van der Waals surface area contributed by atoms with E-state index >= 15 is 0 Å². The van der Waals surface area contributed by atoms with Gasteiger partial charge in [-0.25, -0.2) is 14.2 Å². The zero-order valence-electron chi connectivity index (χ0n) is 8.72. The fourth-order valence-corrected chi connectivity index (χ4v) is 1.30. The number of hydrogen-bond acceptors (Lipinski definition) is 3. The molecule has 86 valence electrons. The SMILES string of the molecule is O=C(O)c1cccc(Nc2ccc(F)cc2)n1. The molecule has 17 heavy (non-hydrogen) atoms. The van der Waals surface area contributed by atoms with Crippen LogP contribution in [0.25, 0.3) is 0 Å². The highest BCUT2D eigenvalue weighted by molar-refractivity contribution is 5.85. The van der Waals surface area contributed by atoms with Crippen molar-refractivity contribution in [2.24, 2.45) is 0 Å². The lowest BCUT2D eigenvalue weighted by molar-refractivity contribution is 0.0690. The van der Waals surface area contributed by atoms with E-state index in [2.05, 4.69) is 10.3 Å². The molecule has 0 atom stereocenters. The molecule has 1 aromatic heterocycles. The van der Waals surface area contributed by atoms with Gasteiger partial charge in [0, 0.05) is 5.69 Å². The lowest BCUT2D eigenvalue weighted by Crippen LogP contribution is -2.02. The van der Waals surface area contributed by atoms with Crippen molar-refractivity contribution in [3.05, 3.63) is 54.0 Å². The molecular formula is C12H9FN2O2. The van der Waals surface area contributed by atoms with Gasteiger partial charge in [-0.3, -0.25) is 0 Å². The summed E-state index contributed by atoms with van der Waals surface area (Å²) in [5, 5.41) is 11.7. The Morgan fingerprint density at radius 3 is 2.53 bits per heavy atom. The minimum Gasteiger partial charge on any atom is -0.477 e. The smallest absolute Gasteiger partial charge is 0.354 e. The lowest BCUT2D eigenvalue weighted by Gasteiger charge is -2.05. The van der Waals surface area contributed by atoms with E-state index in [4.69, 9.17) is 5.11 Å². The largest absolute Gasteiger partial charge is 0.477 e. The van der Waals surface area contributed by atoms with E-state index in [-0.39, 0.29) is 11.5 Å². The number of nitrogens with one attached hydrogen (secondary N) is 1. The van der Waals surface area contributed by atoms with Crippen molar-refractivity contribution in [3.63, 3.8) is 0 Å². The summed E-state index contributed by atoms with van der Waals surface area (Å²) >= 11 is 0. The molecule has 0 saturated heterocycles. The molecule has 0 radical (unpaired) electrons. The molecule has 0 aliphatic carbocycles. The molecule has 5 heteroatoms. The molecule has 1 heterocycles. The zero-order valence-corrected chi connectivity index (χ0v) is 8.72. The summed E-state index contributed by atoms with van der Waals surface area (Å²) in [7, 11) is 0. The number of anilines is 2. The number of pyridine rings is 1. The molecular weight excluding hydrogens is 223 g/mol. The summed E-state index contributed by atoms with van der Waals surface area (Å²) in [5.41, 5.74) is 0.596. The summed E-state index contributed by atoms with van der Waals surface area (Å²) in [6.45, 7) is 0. The maximum atomic E-state index is 12.7. The second kappa shape index (κ2) is 4.61. The van der Waals surface area contributed by atoms with Gasteiger partial charge in [0.15, 0.2) is 5.69 Å². The monoisotopic (exact) mass is 232 g/mol. The Labute approximate surface area is 96.7 Å². The Morgan fingerprint density at radius 1 is 1.18 bits per heavy atom. The summed E-state index contributed by atoms with van der Waals surface area (Å²) in [6, 6.07) is 10.3. The van der Waals surface area contributed by atoms with Crippen LogP contribution >= 0.6 is 0 Å². The van der Waals surface area contributed by atoms with Crippen LogP contribution in [-0.4, -0.2) is 16.1 Å². The van der Waals surface area contributed by atoms with Crippen molar-refractivity contribution in [1.82, 2.24) is 4.98 Å². The molecule has 0 aliphatic rings. The Bertz CT molecular complexity index is 540. The van der Waals surface area contributed by atoms with Crippen LogP contribution in [0.2, 0.25) is 0 Å². The predicted octanol–water partition coefficient (Wildman–Crippen LogP) is 2.66. The highest BCUT2D eigenvalue weighted by Gasteiger charge is 2.04. The topological polar surface area (TPSA) is 62.2 Å².